The van der Waals surface area contributed by atoms with E-state index >= 15 is 0 Å². The van der Waals surface area contributed by atoms with E-state index in [9.17, 15) is 0 Å². The van der Waals surface area contributed by atoms with Gasteiger partial charge in [0.2, 0.25) is 0 Å². The molecule has 0 saturated carbocycles. The fourth-order valence-electron chi connectivity index (χ4n) is 2.31. The van der Waals surface area contributed by atoms with Gasteiger partial charge >= 0.3 is 0 Å². The number of hydrogen-bond acceptors (Lipinski definition) is 2. The lowest BCUT2D eigenvalue weighted by Crippen LogP contribution is -2.43. The number of ether oxygens (including phenoxy) is 1. The van der Waals surface area contributed by atoms with E-state index in [0.717, 1.165) is 35.9 Å². The molecule has 0 spiro atoms. The first-order valence-corrected chi connectivity index (χ1v) is 7.05. The highest BCUT2D eigenvalue weighted by Crippen LogP contribution is 2.40. The minimum Gasteiger partial charge on any atom is -0.373 e. The van der Waals surface area contributed by atoms with Crippen LogP contribution in [-0.4, -0.2) is 12.2 Å². The third-order valence-corrected chi connectivity index (χ3v) is 4.49. The molecule has 1 fully saturated rings. The summed E-state index contributed by atoms with van der Waals surface area (Å²) >= 11 is 9.76. The van der Waals surface area contributed by atoms with Gasteiger partial charge in [-0.25, -0.2) is 0 Å². The van der Waals surface area contributed by atoms with Gasteiger partial charge in [0.1, 0.15) is 0 Å². The molecule has 1 heterocycles. The van der Waals surface area contributed by atoms with E-state index in [1.807, 2.05) is 18.2 Å². The van der Waals surface area contributed by atoms with Crippen molar-refractivity contribution in [2.45, 2.75) is 37.8 Å². The molecule has 0 amide bonds. The van der Waals surface area contributed by atoms with E-state index in [2.05, 4.69) is 22.9 Å². The Morgan fingerprint density at radius 1 is 1.47 bits per heavy atom. The second-order valence-electron chi connectivity index (χ2n) is 4.73. The van der Waals surface area contributed by atoms with Gasteiger partial charge in [-0.1, -0.05) is 33.6 Å². The molecule has 4 heteroatoms. The summed E-state index contributed by atoms with van der Waals surface area (Å²) in [6.45, 7) is 2.86. The smallest absolute Gasteiger partial charge is 0.0847 e. The summed E-state index contributed by atoms with van der Waals surface area (Å²) in [4.78, 5) is 0. The molecule has 0 aromatic heterocycles. The first-order chi connectivity index (χ1) is 8.04. The molecule has 2 rings (SSSR count). The van der Waals surface area contributed by atoms with Crippen LogP contribution in [0.25, 0.3) is 0 Å². The molecule has 2 atom stereocenters. The van der Waals surface area contributed by atoms with Gasteiger partial charge in [0.05, 0.1) is 11.6 Å². The summed E-state index contributed by atoms with van der Waals surface area (Å²) in [6, 6.07) is 5.54. The van der Waals surface area contributed by atoms with Gasteiger partial charge in [0.25, 0.3) is 0 Å². The fraction of sp³-hybridized carbons (Fsp3) is 0.538. The average Bonchev–Trinajstić information content (AvgIpc) is 2.29. The Morgan fingerprint density at radius 3 is 2.82 bits per heavy atom. The number of nitrogens with two attached hydrogens (primary N) is 1. The minimum absolute atomic E-state index is 0.203. The zero-order valence-electron chi connectivity index (χ0n) is 9.88. The highest BCUT2D eigenvalue weighted by Gasteiger charge is 2.37. The van der Waals surface area contributed by atoms with E-state index < -0.39 is 0 Å². The number of halogens is 2. The van der Waals surface area contributed by atoms with Crippen molar-refractivity contribution in [2.24, 2.45) is 5.73 Å². The van der Waals surface area contributed by atoms with Gasteiger partial charge in [-0.3, -0.25) is 0 Å². The van der Waals surface area contributed by atoms with Crippen LogP contribution in [0.4, 0.5) is 0 Å². The average molecular weight is 319 g/mol. The lowest BCUT2D eigenvalue weighted by molar-refractivity contribution is -0.0821. The van der Waals surface area contributed by atoms with E-state index in [0.29, 0.717) is 5.02 Å². The second-order valence-corrected chi connectivity index (χ2v) is 5.99. The zero-order valence-corrected chi connectivity index (χ0v) is 12.2. The Labute approximate surface area is 116 Å². The van der Waals surface area contributed by atoms with Gasteiger partial charge < -0.3 is 10.5 Å². The molecule has 1 saturated heterocycles. The van der Waals surface area contributed by atoms with Crippen molar-refractivity contribution in [1.82, 2.24) is 0 Å². The van der Waals surface area contributed by atoms with Gasteiger partial charge in [0.15, 0.2) is 0 Å². The Morgan fingerprint density at radius 2 is 2.24 bits per heavy atom. The number of benzene rings is 1. The summed E-state index contributed by atoms with van der Waals surface area (Å²) in [6.07, 6.45) is 3.25. The van der Waals surface area contributed by atoms with E-state index in [1.54, 1.807) is 0 Å². The maximum Gasteiger partial charge on any atom is 0.0847 e. The minimum atomic E-state index is -0.314. The summed E-state index contributed by atoms with van der Waals surface area (Å²) in [5.41, 5.74) is 7.00. The maximum absolute atomic E-state index is 6.37. The van der Waals surface area contributed by atoms with Gasteiger partial charge in [0, 0.05) is 21.7 Å². The summed E-state index contributed by atoms with van der Waals surface area (Å²) < 4.78 is 6.84. The molecular formula is C13H17BrClNO. The van der Waals surface area contributed by atoms with Crippen molar-refractivity contribution < 1.29 is 4.74 Å². The molecule has 1 aliphatic rings. The fourth-order valence-corrected chi connectivity index (χ4v) is 3.33. The van der Waals surface area contributed by atoms with Crippen molar-refractivity contribution in [3.63, 3.8) is 0 Å². The molecule has 0 aliphatic carbocycles. The molecule has 2 N–H and O–H groups in total. The van der Waals surface area contributed by atoms with Crippen LogP contribution in [-0.2, 0) is 4.74 Å². The van der Waals surface area contributed by atoms with Gasteiger partial charge in [-0.2, -0.15) is 0 Å². The first kappa shape index (κ1) is 13.3. The molecule has 2 nitrogen and oxygen atoms in total. The molecule has 2 unspecified atom stereocenters. The molecule has 0 bridgehead atoms. The predicted molar refractivity (Wildman–Crippen MR) is 74.3 cm³/mol. The Hall–Kier alpha value is -0.0900. The topological polar surface area (TPSA) is 35.2 Å². The maximum atomic E-state index is 6.37. The molecule has 1 aromatic carbocycles. The molecule has 17 heavy (non-hydrogen) atoms. The number of rotatable bonds is 2. The van der Waals surface area contributed by atoms with Crippen molar-refractivity contribution >= 4 is 27.5 Å². The number of hydrogen-bond donors (Lipinski definition) is 1. The van der Waals surface area contributed by atoms with E-state index in [-0.39, 0.29) is 11.6 Å². The largest absolute Gasteiger partial charge is 0.373 e. The van der Waals surface area contributed by atoms with Crippen LogP contribution in [0.3, 0.4) is 0 Å². The van der Waals surface area contributed by atoms with Gasteiger partial charge in [-0.15, -0.1) is 0 Å². The summed E-state index contributed by atoms with van der Waals surface area (Å²) in [7, 11) is 0. The van der Waals surface area contributed by atoms with Crippen LogP contribution in [0.15, 0.2) is 22.7 Å². The molecule has 94 valence electrons. The van der Waals surface area contributed by atoms with Crippen LogP contribution in [0.5, 0.6) is 0 Å². The van der Waals surface area contributed by atoms with E-state index in [1.165, 1.54) is 0 Å². The van der Waals surface area contributed by atoms with Crippen molar-refractivity contribution in [1.29, 1.82) is 0 Å². The predicted octanol–water partition coefficient (Wildman–Crippen LogP) is 4.06. The standard InChI is InChI=1S/C13H17BrClNO/c1-13(7-2-3-8-17-13)12(16)11-9(14)5-4-6-10(11)15/h4-6,12H,2-3,7-8,16H2,1H3. The van der Waals surface area contributed by atoms with Crippen LogP contribution in [0, 0.1) is 0 Å². The van der Waals surface area contributed by atoms with Crippen LogP contribution >= 0.6 is 27.5 Å². The molecule has 0 radical (unpaired) electrons. The first-order valence-electron chi connectivity index (χ1n) is 5.88. The Bertz CT molecular complexity index is 384. The van der Waals surface area contributed by atoms with Crippen LogP contribution in [0.2, 0.25) is 5.02 Å². The highest BCUT2D eigenvalue weighted by atomic mass is 79.9. The van der Waals surface area contributed by atoms with Crippen molar-refractivity contribution in [3.05, 3.63) is 33.3 Å². The van der Waals surface area contributed by atoms with Crippen molar-refractivity contribution in [2.75, 3.05) is 6.61 Å². The summed E-state index contributed by atoms with van der Waals surface area (Å²) in [5, 5.41) is 0.697. The highest BCUT2D eigenvalue weighted by molar-refractivity contribution is 9.10. The second kappa shape index (κ2) is 5.27. The quantitative estimate of drug-likeness (QED) is 0.892. The lowest BCUT2D eigenvalue weighted by Gasteiger charge is -2.39. The SMILES string of the molecule is CC1(C(N)c2c(Cl)cccc2Br)CCCCO1. The molecule has 1 aliphatic heterocycles. The van der Waals surface area contributed by atoms with E-state index in [4.69, 9.17) is 22.1 Å². The monoisotopic (exact) mass is 317 g/mol. The molecular weight excluding hydrogens is 302 g/mol. The van der Waals surface area contributed by atoms with Crippen LogP contribution in [0.1, 0.15) is 37.8 Å². The lowest BCUT2D eigenvalue weighted by atomic mass is 9.85. The van der Waals surface area contributed by atoms with Gasteiger partial charge in [-0.05, 0) is 38.3 Å². The molecule has 1 aromatic rings. The van der Waals surface area contributed by atoms with Crippen molar-refractivity contribution in [3.8, 4) is 0 Å². The Kier molecular flexibility index (Phi) is 4.14. The Balaban J connectivity index is 2.32. The third-order valence-electron chi connectivity index (χ3n) is 3.47. The van der Waals surface area contributed by atoms with Crippen LogP contribution < -0.4 is 5.73 Å². The normalized spacial score (nSPS) is 26.8. The zero-order chi connectivity index (χ0) is 12.5. The summed E-state index contributed by atoms with van der Waals surface area (Å²) in [5.74, 6) is 0. The third kappa shape index (κ3) is 2.68.